The van der Waals surface area contributed by atoms with Gasteiger partial charge in [-0.2, -0.15) is 0 Å². The lowest BCUT2D eigenvalue weighted by atomic mass is 9.73. The summed E-state index contributed by atoms with van der Waals surface area (Å²) in [5.74, 6) is 0. The Hall–Kier alpha value is -7.36. The number of para-hydroxylation sites is 2. The van der Waals surface area contributed by atoms with Gasteiger partial charge in [0.25, 0.3) is 0 Å². The van der Waals surface area contributed by atoms with Crippen LogP contribution in [0.2, 0.25) is 0 Å². The van der Waals surface area contributed by atoms with Gasteiger partial charge in [0.1, 0.15) is 22.3 Å². The Kier molecular flexibility index (Phi) is 6.85. The summed E-state index contributed by atoms with van der Waals surface area (Å²) in [6.45, 7) is 9.67. The first kappa shape index (κ1) is 34.5. The SMILES string of the molecule is CC1(C)C2=C(c3c1cc(-c1ccc(N(c4ccc5ccccc5c4)c4ccc5ccccc5c4)cc1)c1oc4ccccc4c31)C(C)(C)c1c2ccc2oc3ccccc3c12. The van der Waals surface area contributed by atoms with Crippen LogP contribution in [0.1, 0.15) is 49.9 Å². The molecule has 0 bridgehead atoms. The van der Waals surface area contributed by atoms with Crippen LogP contribution >= 0.6 is 0 Å². The molecule has 0 N–H and O–H groups in total. The largest absolute Gasteiger partial charge is 0.456 e. The molecule has 9 aromatic carbocycles. The molecule has 2 aliphatic carbocycles. The summed E-state index contributed by atoms with van der Waals surface area (Å²) >= 11 is 0. The zero-order valence-corrected chi connectivity index (χ0v) is 34.5. The van der Waals surface area contributed by atoms with Gasteiger partial charge in [-0.1, -0.05) is 143 Å². The van der Waals surface area contributed by atoms with Gasteiger partial charge in [0.2, 0.25) is 0 Å². The normalized spacial score (nSPS) is 15.1. The molecule has 0 radical (unpaired) electrons. The molecule has 290 valence electrons. The van der Waals surface area contributed by atoms with Gasteiger partial charge in [-0.25, -0.2) is 0 Å². The van der Waals surface area contributed by atoms with E-state index in [9.17, 15) is 0 Å². The molecular formula is C58H41NO2. The van der Waals surface area contributed by atoms with Crippen molar-refractivity contribution in [1.82, 2.24) is 0 Å². The summed E-state index contributed by atoms with van der Waals surface area (Å²) in [6, 6.07) is 63.8. The first-order valence-corrected chi connectivity index (χ1v) is 21.3. The van der Waals surface area contributed by atoms with Crippen molar-refractivity contribution in [2.75, 3.05) is 4.90 Å². The number of nitrogens with zero attached hydrogens (tertiary/aromatic N) is 1. The van der Waals surface area contributed by atoms with E-state index in [1.807, 2.05) is 0 Å². The lowest BCUT2D eigenvalue weighted by Gasteiger charge is -2.29. The molecule has 2 aromatic heterocycles. The van der Waals surface area contributed by atoms with E-state index < -0.39 is 0 Å². The minimum Gasteiger partial charge on any atom is -0.456 e. The van der Waals surface area contributed by atoms with Gasteiger partial charge in [-0.15, -0.1) is 0 Å². The number of allylic oxidation sites excluding steroid dienone is 2. The van der Waals surface area contributed by atoms with Crippen LogP contribution < -0.4 is 4.90 Å². The van der Waals surface area contributed by atoms with Crippen LogP contribution in [-0.4, -0.2) is 0 Å². The Labute approximate surface area is 353 Å². The van der Waals surface area contributed by atoms with Crippen molar-refractivity contribution in [2.24, 2.45) is 0 Å². The molecule has 0 unspecified atom stereocenters. The number of hydrogen-bond acceptors (Lipinski definition) is 3. The van der Waals surface area contributed by atoms with Crippen molar-refractivity contribution >= 4 is 93.6 Å². The maximum atomic E-state index is 6.99. The molecule has 11 aromatic rings. The fraction of sp³-hybridized carbons (Fsp3) is 0.103. The van der Waals surface area contributed by atoms with Gasteiger partial charge in [-0.3, -0.25) is 0 Å². The summed E-state index contributed by atoms with van der Waals surface area (Å²) < 4.78 is 13.5. The average Bonchev–Trinajstić information content (AvgIpc) is 3.99. The van der Waals surface area contributed by atoms with Gasteiger partial charge < -0.3 is 13.7 Å². The summed E-state index contributed by atoms with van der Waals surface area (Å²) in [5.41, 5.74) is 16.9. The van der Waals surface area contributed by atoms with Crippen molar-refractivity contribution in [3.63, 3.8) is 0 Å². The van der Waals surface area contributed by atoms with Crippen molar-refractivity contribution in [3.8, 4) is 11.1 Å². The highest BCUT2D eigenvalue weighted by Gasteiger charge is 2.52. The Morgan fingerprint density at radius 1 is 0.410 bits per heavy atom. The molecule has 0 fully saturated rings. The van der Waals surface area contributed by atoms with E-state index in [1.54, 1.807) is 0 Å². The molecular weight excluding hydrogens is 743 g/mol. The fourth-order valence-electron chi connectivity index (χ4n) is 11.2. The second kappa shape index (κ2) is 12.1. The van der Waals surface area contributed by atoms with Crippen LogP contribution in [-0.2, 0) is 10.8 Å². The second-order valence-electron chi connectivity index (χ2n) is 18.1. The lowest BCUT2D eigenvalue weighted by Crippen LogP contribution is -2.19. The van der Waals surface area contributed by atoms with Gasteiger partial charge in [0.15, 0.2) is 0 Å². The third-order valence-electron chi connectivity index (χ3n) is 13.9. The van der Waals surface area contributed by atoms with E-state index in [0.717, 1.165) is 55.9 Å². The standard InChI is InChI=1S/C58H41NO2/c1-57(2)46-33-45(36-23-25-39(26-24-36)59(40-27-21-34-13-5-7-15-37(34)31-40)41-28-22-35-14-6-8-16-38(35)32-41)56-51(43-18-10-12-20-48(43)61-56)52(46)55-54(57)44-29-30-49-50(53(44)58(55,3)4)42-17-9-11-19-47(42)60-49/h5-33H,1-4H3. The first-order valence-electron chi connectivity index (χ1n) is 21.3. The Bertz CT molecular complexity index is 3630. The van der Waals surface area contributed by atoms with Crippen LogP contribution in [0.5, 0.6) is 0 Å². The number of fused-ring (bicyclic) bond motifs is 14. The molecule has 2 aliphatic rings. The minimum absolute atomic E-state index is 0.273. The van der Waals surface area contributed by atoms with E-state index in [4.69, 9.17) is 8.83 Å². The van der Waals surface area contributed by atoms with Crippen LogP contribution in [0.4, 0.5) is 17.1 Å². The quantitative estimate of drug-likeness (QED) is 0.178. The maximum absolute atomic E-state index is 6.99. The molecule has 0 aliphatic heterocycles. The molecule has 0 atom stereocenters. The third-order valence-corrected chi connectivity index (χ3v) is 13.9. The monoisotopic (exact) mass is 783 g/mol. The smallest absolute Gasteiger partial charge is 0.143 e. The van der Waals surface area contributed by atoms with E-state index in [2.05, 4.69) is 209 Å². The van der Waals surface area contributed by atoms with E-state index in [1.165, 1.54) is 71.1 Å². The minimum atomic E-state index is -0.289. The van der Waals surface area contributed by atoms with Gasteiger partial charge in [0, 0.05) is 55.0 Å². The Morgan fingerprint density at radius 2 is 0.967 bits per heavy atom. The van der Waals surface area contributed by atoms with Gasteiger partial charge in [-0.05, 0) is 121 Å². The molecule has 0 saturated carbocycles. The predicted octanol–water partition coefficient (Wildman–Crippen LogP) is 16.4. The first-order chi connectivity index (χ1) is 29.8. The second-order valence-corrected chi connectivity index (χ2v) is 18.1. The van der Waals surface area contributed by atoms with Crippen molar-refractivity contribution in [2.45, 2.75) is 38.5 Å². The van der Waals surface area contributed by atoms with Gasteiger partial charge in [0.05, 0.1) is 0 Å². The maximum Gasteiger partial charge on any atom is 0.143 e. The molecule has 0 spiro atoms. The number of benzene rings is 9. The van der Waals surface area contributed by atoms with Gasteiger partial charge >= 0.3 is 0 Å². The van der Waals surface area contributed by atoms with E-state index in [0.29, 0.717) is 0 Å². The topological polar surface area (TPSA) is 29.5 Å². The molecule has 3 nitrogen and oxygen atoms in total. The van der Waals surface area contributed by atoms with Crippen LogP contribution in [0.15, 0.2) is 185 Å². The Balaban J connectivity index is 1.00. The zero-order valence-electron chi connectivity index (χ0n) is 34.5. The fourth-order valence-corrected chi connectivity index (χ4v) is 11.2. The summed E-state index contributed by atoms with van der Waals surface area (Å²) in [4.78, 5) is 2.37. The molecule has 3 heteroatoms. The summed E-state index contributed by atoms with van der Waals surface area (Å²) in [7, 11) is 0. The highest BCUT2D eigenvalue weighted by atomic mass is 16.3. The van der Waals surface area contributed by atoms with Crippen LogP contribution in [0.3, 0.4) is 0 Å². The number of rotatable bonds is 4. The molecule has 61 heavy (non-hydrogen) atoms. The van der Waals surface area contributed by atoms with E-state index >= 15 is 0 Å². The zero-order chi connectivity index (χ0) is 40.8. The van der Waals surface area contributed by atoms with Crippen LogP contribution in [0, 0.1) is 0 Å². The average molecular weight is 784 g/mol. The number of hydrogen-bond donors (Lipinski definition) is 0. The lowest BCUT2D eigenvalue weighted by molar-refractivity contribution is 0.664. The van der Waals surface area contributed by atoms with Crippen molar-refractivity contribution in [3.05, 3.63) is 198 Å². The predicted molar refractivity (Wildman–Crippen MR) is 255 cm³/mol. The molecule has 2 heterocycles. The number of anilines is 3. The third kappa shape index (κ3) is 4.69. The Morgan fingerprint density at radius 3 is 1.62 bits per heavy atom. The molecule has 0 amide bonds. The number of furan rings is 2. The highest BCUT2D eigenvalue weighted by Crippen LogP contribution is 2.66. The van der Waals surface area contributed by atoms with Crippen molar-refractivity contribution < 1.29 is 8.83 Å². The van der Waals surface area contributed by atoms with Crippen LogP contribution in [0.25, 0.3) is 87.7 Å². The van der Waals surface area contributed by atoms with E-state index in [-0.39, 0.29) is 10.8 Å². The molecule has 13 rings (SSSR count). The highest BCUT2D eigenvalue weighted by molar-refractivity contribution is 6.24. The summed E-state index contributed by atoms with van der Waals surface area (Å²) in [6.07, 6.45) is 0. The van der Waals surface area contributed by atoms with Crippen molar-refractivity contribution in [1.29, 1.82) is 0 Å². The molecule has 0 saturated heterocycles. The summed E-state index contributed by atoms with van der Waals surface area (Å²) in [5, 5.41) is 9.65.